The molecule has 4 aromatic carbocycles. The van der Waals surface area contributed by atoms with Crippen molar-refractivity contribution < 1.29 is 71.2 Å². The minimum atomic E-state index is -5.08. The van der Waals surface area contributed by atoms with Crippen LogP contribution in [0.1, 0.15) is 52.9 Å². The molecule has 0 saturated carbocycles. The summed E-state index contributed by atoms with van der Waals surface area (Å²) in [6.45, 7) is 15.0. The van der Waals surface area contributed by atoms with Crippen molar-refractivity contribution in [1.29, 1.82) is 0 Å². The molecule has 0 atom stereocenters. The van der Waals surface area contributed by atoms with Crippen molar-refractivity contribution in [2.75, 3.05) is 34.5 Å². The van der Waals surface area contributed by atoms with Crippen molar-refractivity contribution >= 4 is 87.5 Å². The van der Waals surface area contributed by atoms with E-state index < -0.39 is 54.0 Å². The Kier molecular flexibility index (Phi) is 20.4. The van der Waals surface area contributed by atoms with Crippen LogP contribution >= 0.6 is 23.2 Å². The minimum Gasteiger partial charge on any atom is -0.482 e. The Balaban J connectivity index is 0.000000289. The van der Waals surface area contributed by atoms with Crippen molar-refractivity contribution in [3.63, 3.8) is 0 Å². The van der Waals surface area contributed by atoms with Crippen LogP contribution in [0.4, 0.5) is 35.9 Å². The number of carbonyl (C=O) groups is 7. The monoisotopic (exact) mass is 1080 g/mol. The third kappa shape index (κ3) is 18.6. The van der Waals surface area contributed by atoms with E-state index in [1.165, 1.54) is 12.4 Å². The highest BCUT2D eigenvalue weighted by atomic mass is 35.5. The van der Waals surface area contributed by atoms with Gasteiger partial charge in [0, 0.05) is 32.8 Å². The van der Waals surface area contributed by atoms with Crippen LogP contribution in [-0.4, -0.2) is 96.3 Å². The molecular formula is C50H47Cl2F3N8O12. The van der Waals surface area contributed by atoms with Crippen LogP contribution in [0, 0.1) is 13.8 Å². The number of amides is 4. The first-order valence-electron chi connectivity index (χ1n) is 21.6. The summed E-state index contributed by atoms with van der Waals surface area (Å²) < 4.78 is 50.7. The van der Waals surface area contributed by atoms with E-state index in [0.717, 1.165) is 12.2 Å². The van der Waals surface area contributed by atoms with Crippen molar-refractivity contribution in [2.45, 2.75) is 46.4 Å². The van der Waals surface area contributed by atoms with E-state index in [2.05, 4.69) is 44.6 Å². The van der Waals surface area contributed by atoms with Crippen molar-refractivity contribution in [3.05, 3.63) is 155 Å². The minimum absolute atomic E-state index is 0.204. The molecule has 4 amide bonds. The van der Waals surface area contributed by atoms with Gasteiger partial charge in [0.2, 0.25) is 11.8 Å². The third-order valence-corrected chi connectivity index (χ3v) is 9.71. The molecule has 0 aliphatic carbocycles. The molecule has 0 aliphatic rings. The second kappa shape index (κ2) is 26.1. The number of carboxylic acid groups (broad SMARTS) is 2. The number of ether oxygens (including phenoxy) is 3. The average molecular weight is 1080 g/mol. The summed E-state index contributed by atoms with van der Waals surface area (Å²) in [5.74, 6) is -4.98. The molecular weight excluding hydrogens is 1030 g/mol. The summed E-state index contributed by atoms with van der Waals surface area (Å²) in [6, 6.07) is 22.9. The maximum Gasteiger partial charge on any atom is 0.490 e. The summed E-state index contributed by atoms with van der Waals surface area (Å²) in [7, 11) is 0. The summed E-state index contributed by atoms with van der Waals surface area (Å²) in [4.78, 5) is 80.1. The molecule has 0 spiro atoms. The fourth-order valence-electron chi connectivity index (χ4n) is 6.06. The fourth-order valence-corrected chi connectivity index (χ4v) is 6.53. The predicted octanol–water partition coefficient (Wildman–Crippen LogP) is 9.24. The van der Waals surface area contributed by atoms with E-state index in [4.69, 9.17) is 52.4 Å². The Morgan fingerprint density at radius 1 is 0.613 bits per heavy atom. The number of rotatable bonds is 16. The third-order valence-electron chi connectivity index (χ3n) is 9.27. The maximum atomic E-state index is 12.9. The van der Waals surface area contributed by atoms with Crippen molar-refractivity contribution in [3.8, 4) is 22.9 Å². The molecule has 0 unspecified atom stereocenters. The largest absolute Gasteiger partial charge is 0.490 e. The zero-order valence-electron chi connectivity index (χ0n) is 40.4. The number of halogens is 5. The second-order valence-electron chi connectivity index (χ2n) is 16.2. The van der Waals surface area contributed by atoms with Crippen molar-refractivity contribution in [1.82, 2.24) is 19.6 Å². The molecule has 0 radical (unpaired) electrons. The molecule has 0 aliphatic heterocycles. The molecule has 75 heavy (non-hydrogen) atoms. The zero-order chi connectivity index (χ0) is 55.8. The lowest BCUT2D eigenvalue weighted by atomic mass is 10.2. The summed E-state index contributed by atoms with van der Waals surface area (Å²) in [6.07, 6.45) is 0.0747. The van der Waals surface area contributed by atoms with Crippen LogP contribution in [0.15, 0.2) is 123 Å². The van der Waals surface area contributed by atoms with Gasteiger partial charge in [0.05, 0.1) is 46.3 Å². The Morgan fingerprint density at radius 2 is 0.960 bits per heavy atom. The van der Waals surface area contributed by atoms with Gasteiger partial charge in [0.25, 0.3) is 11.8 Å². The molecule has 6 N–H and O–H groups in total. The van der Waals surface area contributed by atoms with E-state index in [1.54, 1.807) is 129 Å². The number of hydrogen-bond acceptors (Lipinski definition) is 12. The molecule has 0 bridgehead atoms. The van der Waals surface area contributed by atoms with E-state index in [9.17, 15) is 41.9 Å². The first-order chi connectivity index (χ1) is 35.2. The number of alkyl halides is 3. The molecule has 394 valence electrons. The predicted molar refractivity (Wildman–Crippen MR) is 271 cm³/mol. The standard InChI is InChI=1S/C26H27ClN4O5.C22H19ClN4O5.C2HF3O2/c1-6-23(32)29-18-11-17(27)12-19(13-18)30-25(34)22-14-28-31(16(22)2)20-7-9-21(10-8-20)35-15-24(33)36-26(3,4)5;1-3-20(28)25-15-8-14(23)9-16(10-15)26-22(31)19-11-24-27(13(19)2)17-4-6-18(7-5-17)32-12-21(29)30;3-2(4,5)1(6)7/h6-14H,1,15H2,2-5H3,(H,29,32)(H,30,34);3-11H,1,12H2,2H3,(H,25,28)(H,26,31)(H,29,30);(H,6,7). The fraction of sp³-hybridized carbons (Fsp3) is 0.180. The molecule has 0 saturated heterocycles. The van der Waals surface area contributed by atoms with E-state index >= 15 is 0 Å². The summed E-state index contributed by atoms with van der Waals surface area (Å²) in [5.41, 5.74) is 4.32. The Morgan fingerprint density at radius 3 is 1.28 bits per heavy atom. The van der Waals surface area contributed by atoms with Crippen molar-refractivity contribution in [2.24, 2.45) is 0 Å². The van der Waals surface area contributed by atoms with Gasteiger partial charge in [-0.25, -0.2) is 23.7 Å². The van der Waals surface area contributed by atoms with Gasteiger partial charge in [-0.2, -0.15) is 23.4 Å². The highest BCUT2D eigenvalue weighted by Gasteiger charge is 2.38. The van der Waals surface area contributed by atoms with E-state index in [0.29, 0.717) is 78.2 Å². The average Bonchev–Trinajstić information content (AvgIpc) is 3.91. The highest BCUT2D eigenvalue weighted by molar-refractivity contribution is 6.31. The molecule has 20 nitrogen and oxygen atoms in total. The van der Waals surface area contributed by atoms with E-state index in [1.807, 2.05) is 0 Å². The first-order valence-corrected chi connectivity index (χ1v) is 22.3. The van der Waals surface area contributed by atoms with Gasteiger partial charge in [-0.1, -0.05) is 36.4 Å². The molecule has 6 rings (SSSR count). The van der Waals surface area contributed by atoms with Gasteiger partial charge >= 0.3 is 24.1 Å². The quantitative estimate of drug-likeness (QED) is 0.0390. The molecule has 2 heterocycles. The first kappa shape index (κ1) is 58.6. The van der Waals surface area contributed by atoms with Crippen LogP contribution < -0.4 is 30.7 Å². The molecule has 25 heteroatoms. The lowest BCUT2D eigenvalue weighted by Gasteiger charge is -2.19. The summed E-state index contributed by atoms with van der Waals surface area (Å²) >= 11 is 12.2. The Labute approximate surface area is 435 Å². The summed E-state index contributed by atoms with van der Waals surface area (Å²) in [5, 5.41) is 35.8. The molecule has 2 aromatic heterocycles. The molecule has 6 aromatic rings. The second-order valence-corrected chi connectivity index (χ2v) is 17.1. The van der Waals surface area contributed by atoms with Gasteiger partial charge in [-0.15, -0.1) is 0 Å². The SMILES string of the molecule is C=CC(=O)Nc1cc(Cl)cc(NC(=O)c2cnn(-c3ccc(OCC(=O)O)cc3)c2C)c1.C=CC(=O)Nc1cc(Cl)cc(NC(=O)c2cnn(-c3ccc(OCC(=O)OC(C)(C)C)cc3)c2C)c1.O=C(O)C(F)(F)F. The normalized spacial score (nSPS) is 10.7. The molecule has 0 fully saturated rings. The van der Waals surface area contributed by atoms with Crippen LogP contribution in [0.3, 0.4) is 0 Å². The number of benzene rings is 4. The van der Waals surface area contributed by atoms with Crippen LogP contribution in [-0.2, 0) is 28.7 Å². The number of hydrogen-bond donors (Lipinski definition) is 6. The topological polar surface area (TPSA) is 271 Å². The number of nitrogens with zero attached hydrogens (tertiary/aromatic N) is 4. The lowest BCUT2D eigenvalue weighted by molar-refractivity contribution is -0.192. The van der Waals surface area contributed by atoms with Crippen LogP contribution in [0.25, 0.3) is 11.4 Å². The van der Waals surface area contributed by atoms with Crippen LogP contribution in [0.2, 0.25) is 10.0 Å². The highest BCUT2D eigenvalue weighted by Crippen LogP contribution is 2.27. The number of esters is 1. The van der Waals surface area contributed by atoms with Gasteiger partial charge in [-0.3, -0.25) is 19.2 Å². The Bertz CT molecular complexity index is 3100. The lowest BCUT2D eigenvalue weighted by Crippen LogP contribution is -2.27. The number of nitrogens with one attached hydrogen (secondary N) is 4. The van der Waals surface area contributed by atoms with E-state index in [-0.39, 0.29) is 12.5 Å². The van der Waals surface area contributed by atoms with Gasteiger partial charge < -0.3 is 45.7 Å². The number of carbonyl (C=O) groups excluding carboxylic acids is 5. The maximum absolute atomic E-state index is 12.9. The zero-order valence-corrected chi connectivity index (χ0v) is 41.9. The number of anilines is 4. The van der Waals surface area contributed by atoms with Gasteiger partial charge in [0.1, 0.15) is 17.1 Å². The smallest absolute Gasteiger partial charge is 0.482 e. The number of carboxylic acids is 2. The number of aromatic nitrogens is 4. The van der Waals surface area contributed by atoms with Gasteiger partial charge in [-0.05, 0) is 132 Å². The number of aliphatic carboxylic acids is 2. The van der Waals surface area contributed by atoms with Crippen LogP contribution in [0.5, 0.6) is 11.5 Å². The van der Waals surface area contributed by atoms with Gasteiger partial charge in [0.15, 0.2) is 13.2 Å². The Hall–Kier alpha value is -8.96.